The molecule has 1 fully saturated rings. The Bertz CT molecular complexity index is 1100. The number of amides is 1. The van der Waals surface area contributed by atoms with Crippen molar-refractivity contribution in [1.29, 1.82) is 0 Å². The standard InChI is InChI=1S/C28H33N3O3/c1-2-27-29-13-15-31(27)26(19-33)12-5-20-3-6-21(7-4-20)22-8-10-23(11-9-22)24-17-25(18-24)28(34)30-14-16-32/h3-13,15,24-26,32-33H,2,14,16-19H2,1H3,(H,30,34)/b12-5+/t24?,25?,26-/m0/s1. The molecule has 0 spiro atoms. The van der Waals surface area contributed by atoms with E-state index in [4.69, 9.17) is 5.11 Å². The minimum atomic E-state index is -0.128. The maximum Gasteiger partial charge on any atom is 0.223 e. The van der Waals surface area contributed by atoms with Crippen molar-refractivity contribution in [3.8, 4) is 11.1 Å². The number of nitrogens with zero attached hydrogens (tertiary/aromatic N) is 2. The van der Waals surface area contributed by atoms with Gasteiger partial charge in [-0.3, -0.25) is 4.79 Å². The quantitative estimate of drug-likeness (QED) is 0.428. The number of nitrogens with one attached hydrogen (secondary N) is 1. The van der Waals surface area contributed by atoms with Gasteiger partial charge in [-0.2, -0.15) is 0 Å². The van der Waals surface area contributed by atoms with Crippen molar-refractivity contribution in [2.45, 2.75) is 38.1 Å². The third-order valence-electron chi connectivity index (χ3n) is 6.67. The molecule has 1 heterocycles. The van der Waals surface area contributed by atoms with Crippen LogP contribution in [0.15, 0.2) is 67.0 Å². The van der Waals surface area contributed by atoms with E-state index in [1.807, 2.05) is 22.9 Å². The zero-order valence-electron chi connectivity index (χ0n) is 19.6. The number of hydrogen-bond acceptors (Lipinski definition) is 4. The van der Waals surface area contributed by atoms with Crippen LogP contribution in [0.5, 0.6) is 0 Å². The van der Waals surface area contributed by atoms with Gasteiger partial charge in [0.25, 0.3) is 0 Å². The lowest BCUT2D eigenvalue weighted by atomic mass is 9.71. The number of hydrogen-bond donors (Lipinski definition) is 3. The van der Waals surface area contributed by atoms with Gasteiger partial charge in [0.15, 0.2) is 0 Å². The topological polar surface area (TPSA) is 87.4 Å². The fourth-order valence-corrected chi connectivity index (χ4v) is 4.55. The van der Waals surface area contributed by atoms with Crippen LogP contribution >= 0.6 is 0 Å². The predicted molar refractivity (Wildman–Crippen MR) is 134 cm³/mol. The average molecular weight is 460 g/mol. The molecule has 178 valence electrons. The summed E-state index contributed by atoms with van der Waals surface area (Å²) in [6, 6.07) is 16.9. The van der Waals surface area contributed by atoms with Crippen LogP contribution in [0.2, 0.25) is 0 Å². The molecular formula is C28H33N3O3. The van der Waals surface area contributed by atoms with E-state index in [-0.39, 0.29) is 31.1 Å². The summed E-state index contributed by atoms with van der Waals surface area (Å²) in [7, 11) is 0. The number of carbonyl (C=O) groups is 1. The number of aromatic nitrogens is 2. The van der Waals surface area contributed by atoms with Gasteiger partial charge in [-0.15, -0.1) is 0 Å². The molecule has 0 bridgehead atoms. The molecular weight excluding hydrogens is 426 g/mol. The Balaban J connectivity index is 1.35. The third kappa shape index (κ3) is 5.46. The largest absolute Gasteiger partial charge is 0.395 e. The summed E-state index contributed by atoms with van der Waals surface area (Å²) in [5.41, 5.74) is 4.67. The molecule has 0 aliphatic heterocycles. The molecule has 34 heavy (non-hydrogen) atoms. The van der Waals surface area contributed by atoms with Gasteiger partial charge < -0.3 is 20.1 Å². The number of rotatable bonds is 10. The smallest absolute Gasteiger partial charge is 0.223 e. The molecule has 6 heteroatoms. The monoisotopic (exact) mass is 459 g/mol. The summed E-state index contributed by atoms with van der Waals surface area (Å²) in [5.74, 6) is 1.50. The number of aryl methyl sites for hydroxylation is 1. The predicted octanol–water partition coefficient (Wildman–Crippen LogP) is 3.96. The van der Waals surface area contributed by atoms with Crippen LogP contribution in [-0.4, -0.2) is 45.4 Å². The Morgan fingerprint density at radius 1 is 1.12 bits per heavy atom. The first kappa shape index (κ1) is 23.9. The number of aliphatic hydroxyl groups excluding tert-OH is 2. The first-order valence-electron chi connectivity index (χ1n) is 12.0. The number of imidazole rings is 1. The number of aliphatic hydroxyl groups is 2. The van der Waals surface area contributed by atoms with Crippen LogP contribution in [0.1, 0.15) is 48.7 Å². The van der Waals surface area contributed by atoms with Crippen LogP contribution in [0.25, 0.3) is 17.2 Å². The SMILES string of the molecule is CCc1nccn1[C@@H](/C=C/c1ccc(-c2ccc(C3CC(C(=O)NCCO)C3)cc2)cc1)CO. The maximum absolute atomic E-state index is 12.0. The molecule has 3 N–H and O–H groups in total. The van der Waals surface area contributed by atoms with Crippen molar-refractivity contribution in [1.82, 2.24) is 14.9 Å². The minimum absolute atomic E-state index is 0.0187. The fraction of sp³-hybridized carbons (Fsp3) is 0.357. The molecule has 1 aromatic heterocycles. The van der Waals surface area contributed by atoms with Crippen LogP contribution in [0.4, 0.5) is 0 Å². The molecule has 1 atom stereocenters. The zero-order valence-corrected chi connectivity index (χ0v) is 19.6. The molecule has 3 aromatic rings. The molecule has 0 unspecified atom stereocenters. The van der Waals surface area contributed by atoms with Gasteiger partial charge >= 0.3 is 0 Å². The average Bonchev–Trinajstić information content (AvgIpc) is 3.32. The minimum Gasteiger partial charge on any atom is -0.395 e. The third-order valence-corrected chi connectivity index (χ3v) is 6.67. The Hall–Kier alpha value is -3.22. The molecule has 6 nitrogen and oxygen atoms in total. The first-order chi connectivity index (χ1) is 16.6. The maximum atomic E-state index is 12.0. The summed E-state index contributed by atoms with van der Waals surface area (Å²) in [6.45, 7) is 2.40. The van der Waals surface area contributed by atoms with E-state index < -0.39 is 0 Å². The molecule has 0 radical (unpaired) electrons. The van der Waals surface area contributed by atoms with Gasteiger partial charge in [0, 0.05) is 31.3 Å². The van der Waals surface area contributed by atoms with E-state index in [0.717, 1.165) is 41.8 Å². The van der Waals surface area contributed by atoms with Gasteiger partial charge in [-0.1, -0.05) is 67.6 Å². The van der Waals surface area contributed by atoms with E-state index >= 15 is 0 Å². The molecule has 1 saturated carbocycles. The highest BCUT2D eigenvalue weighted by Gasteiger charge is 2.35. The van der Waals surface area contributed by atoms with E-state index in [2.05, 4.69) is 65.8 Å². The van der Waals surface area contributed by atoms with E-state index in [9.17, 15) is 9.90 Å². The molecule has 2 aromatic carbocycles. The normalized spacial score (nSPS) is 18.6. The highest BCUT2D eigenvalue weighted by molar-refractivity contribution is 5.80. The van der Waals surface area contributed by atoms with Crippen molar-refractivity contribution < 1.29 is 15.0 Å². The lowest BCUT2D eigenvalue weighted by Crippen LogP contribution is -2.39. The Morgan fingerprint density at radius 2 is 1.79 bits per heavy atom. The lowest BCUT2D eigenvalue weighted by Gasteiger charge is -2.34. The van der Waals surface area contributed by atoms with Crippen molar-refractivity contribution >= 4 is 12.0 Å². The summed E-state index contributed by atoms with van der Waals surface area (Å²) < 4.78 is 2.01. The molecule has 1 amide bonds. The van der Waals surface area contributed by atoms with Gasteiger partial charge in [0.05, 0.1) is 19.3 Å². The van der Waals surface area contributed by atoms with Crippen molar-refractivity contribution in [3.63, 3.8) is 0 Å². The Labute approximate surface area is 201 Å². The van der Waals surface area contributed by atoms with E-state index in [1.54, 1.807) is 6.20 Å². The van der Waals surface area contributed by atoms with Gasteiger partial charge in [0.1, 0.15) is 5.82 Å². The van der Waals surface area contributed by atoms with Crippen LogP contribution < -0.4 is 5.32 Å². The summed E-state index contributed by atoms with van der Waals surface area (Å²) in [4.78, 5) is 16.3. The number of carbonyl (C=O) groups excluding carboxylic acids is 1. The van der Waals surface area contributed by atoms with Crippen LogP contribution in [0.3, 0.4) is 0 Å². The van der Waals surface area contributed by atoms with Crippen LogP contribution in [-0.2, 0) is 11.2 Å². The van der Waals surface area contributed by atoms with Gasteiger partial charge in [0.2, 0.25) is 5.91 Å². The second kappa shape index (κ2) is 11.3. The van der Waals surface area contributed by atoms with E-state index in [0.29, 0.717) is 12.5 Å². The molecule has 4 rings (SSSR count). The van der Waals surface area contributed by atoms with Crippen molar-refractivity contribution in [3.05, 3.63) is 84.0 Å². The summed E-state index contributed by atoms with van der Waals surface area (Å²) in [6.07, 6.45) is 10.3. The van der Waals surface area contributed by atoms with Gasteiger partial charge in [-0.05, 0) is 41.0 Å². The van der Waals surface area contributed by atoms with Gasteiger partial charge in [-0.25, -0.2) is 4.98 Å². The highest BCUT2D eigenvalue weighted by Crippen LogP contribution is 2.42. The molecule has 1 aliphatic rings. The second-order valence-electron chi connectivity index (χ2n) is 8.84. The van der Waals surface area contributed by atoms with E-state index in [1.165, 1.54) is 5.56 Å². The summed E-state index contributed by atoms with van der Waals surface area (Å²) >= 11 is 0. The zero-order chi connectivity index (χ0) is 23.9. The second-order valence-corrected chi connectivity index (χ2v) is 8.84. The van der Waals surface area contributed by atoms with Crippen LogP contribution in [0, 0.1) is 5.92 Å². The Kier molecular flexibility index (Phi) is 7.93. The fourth-order valence-electron chi connectivity index (χ4n) is 4.55. The van der Waals surface area contributed by atoms with Crippen molar-refractivity contribution in [2.75, 3.05) is 19.8 Å². The molecule has 1 aliphatic carbocycles. The lowest BCUT2D eigenvalue weighted by molar-refractivity contribution is -0.128. The molecule has 0 saturated heterocycles. The Morgan fingerprint density at radius 3 is 2.41 bits per heavy atom. The first-order valence-corrected chi connectivity index (χ1v) is 12.0. The highest BCUT2D eigenvalue weighted by atomic mass is 16.3. The summed E-state index contributed by atoms with van der Waals surface area (Å²) in [5, 5.41) is 21.4. The number of benzene rings is 2. The van der Waals surface area contributed by atoms with Crippen molar-refractivity contribution in [2.24, 2.45) is 5.92 Å².